The van der Waals surface area contributed by atoms with E-state index in [4.69, 9.17) is 0 Å². The highest BCUT2D eigenvalue weighted by atomic mass is 79.9. The first-order chi connectivity index (χ1) is 10.1. The molecule has 1 aromatic heterocycles. The third-order valence-corrected chi connectivity index (χ3v) is 8.99. The first-order valence-electron chi connectivity index (χ1n) is 7.53. The predicted octanol–water partition coefficient (Wildman–Crippen LogP) is 3.01. The van der Waals surface area contributed by atoms with Crippen LogP contribution in [-0.2, 0) is 10.0 Å². The Morgan fingerprint density at radius 3 is 2.43 bits per heavy atom. The molecule has 0 radical (unpaired) electrons. The predicted molar refractivity (Wildman–Crippen MR) is 89.2 cm³/mol. The summed E-state index contributed by atoms with van der Waals surface area (Å²) < 4.78 is 28.0. The van der Waals surface area contributed by atoms with Gasteiger partial charge in [0.15, 0.2) is 0 Å². The van der Waals surface area contributed by atoms with E-state index in [0.717, 1.165) is 19.4 Å². The first-order valence-corrected chi connectivity index (χ1v) is 10.6. The van der Waals surface area contributed by atoms with Gasteiger partial charge in [-0.15, -0.1) is 11.3 Å². The quantitative estimate of drug-likeness (QED) is 0.790. The molecule has 2 aliphatic rings. The van der Waals surface area contributed by atoms with E-state index in [2.05, 4.69) is 20.8 Å². The number of rotatable bonds is 4. The molecule has 3 heterocycles. The molecule has 4 nitrogen and oxygen atoms in total. The van der Waals surface area contributed by atoms with Crippen molar-refractivity contribution in [2.45, 2.75) is 29.9 Å². The van der Waals surface area contributed by atoms with Crippen molar-refractivity contribution in [3.63, 3.8) is 0 Å². The largest absolute Gasteiger partial charge is 0.303 e. The standard InChI is InChI=1S/C14H21BrN2O2S2/c15-13-5-10-20-14(13)21(18,19)17-8-3-12(4-9-17)11-16-6-1-2-7-16/h5,10,12H,1-4,6-9,11H2. The van der Waals surface area contributed by atoms with Gasteiger partial charge in [-0.25, -0.2) is 8.42 Å². The summed E-state index contributed by atoms with van der Waals surface area (Å²) in [5.41, 5.74) is 0. The van der Waals surface area contributed by atoms with Gasteiger partial charge in [-0.2, -0.15) is 4.31 Å². The van der Waals surface area contributed by atoms with Crippen LogP contribution in [0.5, 0.6) is 0 Å². The number of halogens is 1. The van der Waals surface area contributed by atoms with Crippen molar-refractivity contribution < 1.29 is 8.42 Å². The maximum atomic E-state index is 12.6. The zero-order valence-corrected chi connectivity index (χ0v) is 15.2. The van der Waals surface area contributed by atoms with Crippen molar-refractivity contribution in [3.05, 3.63) is 15.9 Å². The van der Waals surface area contributed by atoms with Crippen molar-refractivity contribution in [1.29, 1.82) is 0 Å². The first kappa shape index (κ1) is 15.9. The van der Waals surface area contributed by atoms with Crippen molar-refractivity contribution in [2.24, 2.45) is 5.92 Å². The van der Waals surface area contributed by atoms with Crippen molar-refractivity contribution in [2.75, 3.05) is 32.7 Å². The molecule has 0 unspecified atom stereocenters. The Hall–Kier alpha value is 0.0500. The zero-order valence-electron chi connectivity index (χ0n) is 12.0. The van der Waals surface area contributed by atoms with Gasteiger partial charge in [-0.1, -0.05) is 0 Å². The van der Waals surface area contributed by atoms with Crippen LogP contribution in [0.15, 0.2) is 20.1 Å². The molecule has 21 heavy (non-hydrogen) atoms. The molecule has 2 aliphatic heterocycles. The van der Waals surface area contributed by atoms with E-state index in [-0.39, 0.29) is 0 Å². The minimum absolute atomic E-state index is 0.445. The maximum absolute atomic E-state index is 12.6. The average Bonchev–Trinajstić information content (AvgIpc) is 3.11. The Morgan fingerprint density at radius 2 is 1.86 bits per heavy atom. The highest BCUT2D eigenvalue weighted by Crippen LogP contribution is 2.32. The fraction of sp³-hybridized carbons (Fsp3) is 0.714. The van der Waals surface area contributed by atoms with Gasteiger partial charge in [0.1, 0.15) is 4.21 Å². The average molecular weight is 393 g/mol. The zero-order chi connectivity index (χ0) is 14.9. The number of thiophene rings is 1. The van der Waals surface area contributed by atoms with Gasteiger partial charge in [0.2, 0.25) is 0 Å². The molecule has 3 rings (SSSR count). The van der Waals surface area contributed by atoms with E-state index in [0.29, 0.717) is 27.7 Å². The third kappa shape index (κ3) is 3.52. The molecule has 0 spiro atoms. The molecule has 0 N–H and O–H groups in total. The Balaban J connectivity index is 1.59. The third-order valence-electron chi connectivity index (χ3n) is 4.45. The molecule has 1 aromatic rings. The lowest BCUT2D eigenvalue weighted by Crippen LogP contribution is -2.41. The smallest absolute Gasteiger partial charge is 0.253 e. The lowest BCUT2D eigenvalue weighted by molar-refractivity contribution is 0.206. The molecule has 2 fully saturated rings. The Bertz CT molecular complexity index is 574. The number of sulfonamides is 1. The van der Waals surface area contributed by atoms with Gasteiger partial charge in [0, 0.05) is 24.1 Å². The number of piperidine rings is 1. The minimum Gasteiger partial charge on any atom is -0.303 e. The van der Waals surface area contributed by atoms with Crippen LogP contribution in [-0.4, -0.2) is 50.3 Å². The Labute approximate surface area is 139 Å². The molecule has 0 amide bonds. The highest BCUT2D eigenvalue weighted by Gasteiger charge is 2.32. The monoisotopic (exact) mass is 392 g/mol. The highest BCUT2D eigenvalue weighted by molar-refractivity contribution is 9.10. The summed E-state index contributed by atoms with van der Waals surface area (Å²) in [4.78, 5) is 2.53. The molecular formula is C14H21BrN2O2S2. The van der Waals surface area contributed by atoms with Crippen molar-refractivity contribution in [1.82, 2.24) is 9.21 Å². The summed E-state index contributed by atoms with van der Waals surface area (Å²) in [6, 6.07) is 1.80. The molecule has 2 saturated heterocycles. The number of hydrogen-bond acceptors (Lipinski definition) is 4. The van der Waals surface area contributed by atoms with Crippen LogP contribution in [0.3, 0.4) is 0 Å². The lowest BCUT2D eigenvalue weighted by atomic mass is 9.98. The van der Waals surface area contributed by atoms with Gasteiger partial charge >= 0.3 is 0 Å². The van der Waals surface area contributed by atoms with E-state index in [9.17, 15) is 8.42 Å². The van der Waals surface area contributed by atoms with Crippen molar-refractivity contribution >= 4 is 37.3 Å². The molecule has 0 aromatic carbocycles. The number of likely N-dealkylation sites (tertiary alicyclic amines) is 1. The van der Waals surface area contributed by atoms with Gasteiger partial charge < -0.3 is 4.90 Å². The Morgan fingerprint density at radius 1 is 1.19 bits per heavy atom. The van der Waals surface area contributed by atoms with Crippen LogP contribution in [0.4, 0.5) is 0 Å². The fourth-order valence-corrected chi connectivity index (χ4v) is 7.16. The topological polar surface area (TPSA) is 40.6 Å². The van der Waals surface area contributed by atoms with Crippen LogP contribution < -0.4 is 0 Å². The molecule has 0 saturated carbocycles. The van der Waals surface area contributed by atoms with Gasteiger partial charge in [0.25, 0.3) is 10.0 Å². The maximum Gasteiger partial charge on any atom is 0.253 e. The lowest BCUT2D eigenvalue weighted by Gasteiger charge is -2.32. The fourth-order valence-electron chi connectivity index (χ4n) is 3.24. The van der Waals surface area contributed by atoms with Crippen LogP contribution in [0.1, 0.15) is 25.7 Å². The second-order valence-corrected chi connectivity index (χ2v) is 9.81. The minimum atomic E-state index is -3.31. The van der Waals surface area contributed by atoms with Gasteiger partial charge in [-0.3, -0.25) is 0 Å². The second-order valence-electron chi connectivity index (χ2n) is 5.91. The summed E-state index contributed by atoms with van der Waals surface area (Å²) in [5.74, 6) is 0.654. The van der Waals surface area contributed by atoms with Gasteiger partial charge in [-0.05, 0) is 72.1 Å². The van der Waals surface area contributed by atoms with Crippen LogP contribution in [0, 0.1) is 5.92 Å². The normalized spacial score (nSPS) is 22.9. The van der Waals surface area contributed by atoms with Crippen LogP contribution in [0.2, 0.25) is 0 Å². The van der Waals surface area contributed by atoms with Crippen LogP contribution >= 0.6 is 27.3 Å². The second kappa shape index (κ2) is 6.66. The summed E-state index contributed by atoms with van der Waals surface area (Å²) in [6.07, 6.45) is 4.61. The van der Waals surface area contributed by atoms with E-state index < -0.39 is 10.0 Å². The molecule has 0 aliphatic carbocycles. The van der Waals surface area contributed by atoms with E-state index in [1.165, 1.54) is 37.3 Å². The molecule has 0 atom stereocenters. The molecule has 118 valence electrons. The summed E-state index contributed by atoms with van der Waals surface area (Å²) in [5, 5.41) is 1.82. The van der Waals surface area contributed by atoms with Crippen molar-refractivity contribution in [3.8, 4) is 0 Å². The SMILES string of the molecule is O=S(=O)(c1sccc1Br)N1CCC(CN2CCCC2)CC1. The molecule has 7 heteroatoms. The van der Waals surface area contributed by atoms with E-state index >= 15 is 0 Å². The summed E-state index contributed by atoms with van der Waals surface area (Å²) in [7, 11) is -3.31. The number of nitrogens with zero attached hydrogens (tertiary/aromatic N) is 2. The summed E-state index contributed by atoms with van der Waals surface area (Å²) >= 11 is 4.63. The number of hydrogen-bond donors (Lipinski definition) is 0. The molecular weight excluding hydrogens is 372 g/mol. The van der Waals surface area contributed by atoms with Crippen LogP contribution in [0.25, 0.3) is 0 Å². The Kier molecular flexibility index (Phi) is 5.05. The van der Waals surface area contributed by atoms with Gasteiger partial charge in [0.05, 0.1) is 0 Å². The van der Waals surface area contributed by atoms with E-state index in [1.807, 2.05) is 5.38 Å². The summed E-state index contributed by atoms with van der Waals surface area (Å²) in [6.45, 7) is 4.91. The molecule has 0 bridgehead atoms. The van der Waals surface area contributed by atoms with E-state index in [1.54, 1.807) is 10.4 Å².